The van der Waals surface area contributed by atoms with Crippen LogP contribution in [-0.4, -0.2) is 48.0 Å². The minimum Gasteiger partial charge on any atom is -0.306 e. The van der Waals surface area contributed by atoms with Gasteiger partial charge in [-0.3, -0.25) is 4.90 Å². The van der Waals surface area contributed by atoms with E-state index in [1.54, 1.807) is 0 Å². The van der Waals surface area contributed by atoms with E-state index >= 15 is 0 Å². The van der Waals surface area contributed by atoms with E-state index in [0.717, 1.165) is 19.0 Å². The van der Waals surface area contributed by atoms with Gasteiger partial charge >= 0.3 is 0 Å². The number of rotatable bonds is 3. The zero-order valence-corrected chi connectivity index (χ0v) is 16.7. The second kappa shape index (κ2) is 7.34. The molecule has 25 heavy (non-hydrogen) atoms. The van der Waals surface area contributed by atoms with Gasteiger partial charge in [0.15, 0.2) is 0 Å². The molecule has 2 aliphatic rings. The third-order valence-corrected chi connectivity index (χ3v) is 7.31. The fraction of sp³-hybridized carbons (Fsp3) is 0.667. The molecule has 3 heterocycles. The average molecular weight is 358 g/mol. The first-order valence-electron chi connectivity index (χ1n) is 9.97. The summed E-state index contributed by atoms with van der Waals surface area (Å²) < 4.78 is 1.36. The maximum Gasteiger partial charge on any atom is 0.0982 e. The predicted octanol–water partition coefficient (Wildman–Crippen LogP) is 4.90. The van der Waals surface area contributed by atoms with E-state index in [2.05, 4.69) is 48.9 Å². The van der Waals surface area contributed by atoms with Crippen molar-refractivity contribution in [3.8, 4) is 0 Å². The van der Waals surface area contributed by atoms with Crippen molar-refractivity contribution >= 4 is 21.6 Å². The minimum absolute atomic E-state index is 0.580. The first-order chi connectivity index (χ1) is 12.1. The molecule has 0 amide bonds. The quantitative estimate of drug-likeness (QED) is 0.779. The van der Waals surface area contributed by atoms with Gasteiger partial charge in [-0.2, -0.15) is 0 Å². The number of thiazole rings is 1. The van der Waals surface area contributed by atoms with Crippen LogP contribution in [0, 0.1) is 5.92 Å². The highest BCUT2D eigenvalue weighted by molar-refractivity contribution is 7.18. The zero-order chi connectivity index (χ0) is 17.4. The molecule has 0 N–H and O–H groups in total. The fourth-order valence-electron chi connectivity index (χ4n) is 4.68. The molecule has 0 aliphatic carbocycles. The van der Waals surface area contributed by atoms with Gasteiger partial charge in [-0.1, -0.05) is 19.9 Å². The van der Waals surface area contributed by atoms with Crippen LogP contribution >= 0.6 is 11.3 Å². The molecular formula is C21H31N3S. The van der Waals surface area contributed by atoms with Crippen molar-refractivity contribution in [1.29, 1.82) is 0 Å². The molecule has 3 atom stereocenters. The number of likely N-dealkylation sites (tertiary alicyclic amines) is 2. The molecule has 0 unspecified atom stereocenters. The summed E-state index contributed by atoms with van der Waals surface area (Å²) in [4.78, 5) is 10.2. The molecule has 0 radical (unpaired) electrons. The van der Waals surface area contributed by atoms with Crippen LogP contribution in [0.5, 0.6) is 0 Å². The standard InChI is InChI=1S/C21H31N3S/c1-4-24-13-15(2)7-9-19(24)16-8-10-20-18(12-16)22-21(25-20)17-6-5-11-23(3)14-17/h8,10,12,15,17,19H,4-7,9,11,13-14H2,1-3H3/t15-,17+,19+/m0/s1. The van der Waals surface area contributed by atoms with E-state index in [0.29, 0.717) is 12.0 Å². The van der Waals surface area contributed by atoms with Gasteiger partial charge in [-0.15, -0.1) is 11.3 Å². The molecule has 2 saturated heterocycles. The third-order valence-electron chi connectivity index (χ3n) is 6.11. The lowest BCUT2D eigenvalue weighted by Crippen LogP contribution is -2.37. The summed E-state index contributed by atoms with van der Waals surface area (Å²) in [5.41, 5.74) is 2.69. The van der Waals surface area contributed by atoms with E-state index in [4.69, 9.17) is 4.98 Å². The number of likely N-dealkylation sites (N-methyl/N-ethyl adjacent to an activating group) is 1. The van der Waals surface area contributed by atoms with Gasteiger partial charge in [0.1, 0.15) is 0 Å². The fourth-order valence-corrected chi connectivity index (χ4v) is 5.76. The predicted molar refractivity (Wildman–Crippen MR) is 107 cm³/mol. The third kappa shape index (κ3) is 3.62. The van der Waals surface area contributed by atoms with Gasteiger partial charge in [0.05, 0.1) is 15.2 Å². The van der Waals surface area contributed by atoms with E-state index in [9.17, 15) is 0 Å². The number of benzene rings is 1. The Morgan fingerprint density at radius 3 is 2.88 bits per heavy atom. The molecule has 3 nitrogen and oxygen atoms in total. The van der Waals surface area contributed by atoms with E-state index in [1.807, 2.05) is 11.3 Å². The van der Waals surface area contributed by atoms with Gasteiger partial charge in [-0.05, 0) is 69.4 Å². The number of hydrogen-bond acceptors (Lipinski definition) is 4. The molecule has 1 aromatic heterocycles. The largest absolute Gasteiger partial charge is 0.306 e. The van der Waals surface area contributed by atoms with Crippen molar-refractivity contribution < 1.29 is 0 Å². The summed E-state index contributed by atoms with van der Waals surface area (Å²) in [5.74, 6) is 1.45. The summed E-state index contributed by atoms with van der Waals surface area (Å²) in [5, 5.41) is 1.35. The highest BCUT2D eigenvalue weighted by Crippen LogP contribution is 2.37. The molecule has 2 fully saturated rings. The number of piperidine rings is 2. The van der Waals surface area contributed by atoms with Crippen LogP contribution < -0.4 is 0 Å². The van der Waals surface area contributed by atoms with Crippen LogP contribution in [0.1, 0.15) is 62.1 Å². The molecule has 0 bridgehead atoms. The smallest absolute Gasteiger partial charge is 0.0982 e. The van der Waals surface area contributed by atoms with Crippen LogP contribution in [-0.2, 0) is 0 Å². The number of hydrogen-bond donors (Lipinski definition) is 0. The number of fused-ring (bicyclic) bond motifs is 1. The first kappa shape index (κ1) is 17.4. The van der Waals surface area contributed by atoms with Gasteiger partial charge < -0.3 is 4.90 Å². The topological polar surface area (TPSA) is 19.4 Å². The minimum atomic E-state index is 0.580. The zero-order valence-electron chi connectivity index (χ0n) is 15.9. The lowest BCUT2D eigenvalue weighted by atomic mass is 9.90. The summed E-state index contributed by atoms with van der Waals surface area (Å²) in [7, 11) is 2.24. The Morgan fingerprint density at radius 1 is 1.20 bits per heavy atom. The van der Waals surface area contributed by atoms with E-state index < -0.39 is 0 Å². The van der Waals surface area contributed by atoms with Crippen molar-refractivity contribution in [2.24, 2.45) is 5.92 Å². The van der Waals surface area contributed by atoms with Crippen molar-refractivity contribution in [2.45, 2.75) is 51.5 Å². The lowest BCUT2D eigenvalue weighted by molar-refractivity contribution is 0.121. The molecule has 136 valence electrons. The maximum atomic E-state index is 5.07. The monoisotopic (exact) mass is 357 g/mol. The molecule has 2 aliphatic heterocycles. The highest BCUT2D eigenvalue weighted by atomic mass is 32.1. The Balaban J connectivity index is 1.59. The summed E-state index contributed by atoms with van der Waals surface area (Å²) >= 11 is 1.92. The van der Waals surface area contributed by atoms with Crippen molar-refractivity contribution in [2.75, 3.05) is 33.2 Å². The Hall–Kier alpha value is -0.970. The van der Waals surface area contributed by atoms with Crippen LogP contribution in [0.3, 0.4) is 0 Å². The second-order valence-corrected chi connectivity index (χ2v) is 9.23. The van der Waals surface area contributed by atoms with E-state index in [-0.39, 0.29) is 0 Å². The highest BCUT2D eigenvalue weighted by Gasteiger charge is 2.27. The normalized spacial score (nSPS) is 29.3. The summed E-state index contributed by atoms with van der Waals surface area (Å²) in [6.45, 7) is 9.45. The molecule has 4 rings (SSSR count). The average Bonchev–Trinajstić information content (AvgIpc) is 3.05. The molecule has 0 spiro atoms. The van der Waals surface area contributed by atoms with Gasteiger partial charge in [0, 0.05) is 25.0 Å². The van der Waals surface area contributed by atoms with Crippen molar-refractivity contribution in [1.82, 2.24) is 14.8 Å². The maximum absolute atomic E-state index is 5.07. The summed E-state index contributed by atoms with van der Waals surface area (Å²) in [6, 6.07) is 7.65. The Bertz CT molecular complexity index is 725. The van der Waals surface area contributed by atoms with Crippen LogP contribution in [0.25, 0.3) is 10.2 Å². The molecule has 2 aromatic rings. The Kier molecular flexibility index (Phi) is 5.12. The van der Waals surface area contributed by atoms with Gasteiger partial charge in [0.25, 0.3) is 0 Å². The summed E-state index contributed by atoms with van der Waals surface area (Å²) in [6.07, 6.45) is 5.22. The Labute approximate surface area is 156 Å². The number of aromatic nitrogens is 1. The first-order valence-corrected chi connectivity index (χ1v) is 10.8. The van der Waals surface area contributed by atoms with Crippen molar-refractivity contribution in [3.05, 3.63) is 28.8 Å². The van der Waals surface area contributed by atoms with Crippen LogP contribution in [0.2, 0.25) is 0 Å². The number of nitrogens with zero attached hydrogens (tertiary/aromatic N) is 3. The second-order valence-electron chi connectivity index (χ2n) is 8.17. The van der Waals surface area contributed by atoms with Crippen molar-refractivity contribution in [3.63, 3.8) is 0 Å². The van der Waals surface area contributed by atoms with E-state index in [1.165, 1.54) is 59.6 Å². The van der Waals surface area contributed by atoms with Crippen LogP contribution in [0.15, 0.2) is 18.2 Å². The molecule has 4 heteroatoms. The molecular weight excluding hydrogens is 326 g/mol. The molecule has 1 aromatic carbocycles. The Morgan fingerprint density at radius 2 is 2.08 bits per heavy atom. The van der Waals surface area contributed by atoms with Gasteiger partial charge in [0.2, 0.25) is 0 Å². The lowest BCUT2D eigenvalue weighted by Gasteiger charge is -2.38. The van der Waals surface area contributed by atoms with Crippen LogP contribution in [0.4, 0.5) is 0 Å². The SMILES string of the molecule is CCN1C[C@@H](C)CC[C@@H]1c1ccc2sc([C@@H]3CCCN(C)C3)nc2c1. The molecule has 0 saturated carbocycles. The van der Waals surface area contributed by atoms with Gasteiger partial charge in [-0.25, -0.2) is 4.98 Å².